The first-order valence-electron chi connectivity index (χ1n) is 8.34. The molecule has 0 aliphatic rings. The lowest BCUT2D eigenvalue weighted by atomic mass is 10.1. The molecular weight excluding hydrogens is 343 g/mol. The van der Waals surface area contributed by atoms with E-state index in [2.05, 4.69) is 15.6 Å². The Balaban J connectivity index is 1.54. The van der Waals surface area contributed by atoms with E-state index < -0.39 is 0 Å². The highest BCUT2D eigenvalue weighted by atomic mass is 19.1. The highest BCUT2D eigenvalue weighted by molar-refractivity contribution is 6.04. The second kappa shape index (κ2) is 7.21. The second-order valence-corrected chi connectivity index (χ2v) is 5.90. The van der Waals surface area contributed by atoms with E-state index in [1.165, 1.54) is 24.3 Å². The van der Waals surface area contributed by atoms with E-state index in [1.54, 1.807) is 23.0 Å². The Morgan fingerprint density at radius 1 is 0.889 bits per heavy atom. The topological polar surface area (TPSA) is 59.8 Å². The molecule has 4 aromatic rings. The van der Waals surface area contributed by atoms with E-state index in [4.69, 9.17) is 0 Å². The summed E-state index contributed by atoms with van der Waals surface area (Å²) in [5.74, 6) is -0.675. The predicted molar refractivity (Wildman–Crippen MR) is 101 cm³/mol. The molecule has 6 heteroatoms. The van der Waals surface area contributed by atoms with Gasteiger partial charge in [0.1, 0.15) is 5.82 Å². The Morgan fingerprint density at radius 2 is 1.59 bits per heavy atom. The summed E-state index contributed by atoms with van der Waals surface area (Å²) in [6.45, 7) is 0. The lowest BCUT2D eigenvalue weighted by Crippen LogP contribution is -2.11. The number of halogens is 1. The fourth-order valence-electron chi connectivity index (χ4n) is 2.72. The standard InChI is InChI=1S/C21H15FN4O/c22-17-8-6-16(7-9-17)21(27)24-18-10-12-19(13-11-18)26-20(14-23-25-26)15-4-2-1-3-5-15/h1-14H,(H,24,27). The number of amides is 1. The monoisotopic (exact) mass is 358 g/mol. The number of hydrogen-bond donors (Lipinski definition) is 1. The van der Waals surface area contributed by atoms with Crippen molar-refractivity contribution in [3.05, 3.63) is 96.4 Å². The smallest absolute Gasteiger partial charge is 0.255 e. The first-order valence-corrected chi connectivity index (χ1v) is 8.34. The van der Waals surface area contributed by atoms with Crippen LogP contribution < -0.4 is 5.32 Å². The van der Waals surface area contributed by atoms with Crippen LogP contribution in [0.1, 0.15) is 10.4 Å². The predicted octanol–water partition coefficient (Wildman–Crippen LogP) is 4.33. The summed E-state index contributed by atoms with van der Waals surface area (Å²) in [6, 6.07) is 22.5. The summed E-state index contributed by atoms with van der Waals surface area (Å²) in [7, 11) is 0. The molecule has 0 atom stereocenters. The Labute approximate surface area is 155 Å². The molecule has 0 unspecified atom stereocenters. The maximum Gasteiger partial charge on any atom is 0.255 e. The third kappa shape index (κ3) is 3.59. The molecule has 0 radical (unpaired) electrons. The Hall–Kier alpha value is -3.80. The molecule has 0 aliphatic carbocycles. The van der Waals surface area contributed by atoms with E-state index in [0.29, 0.717) is 11.3 Å². The Morgan fingerprint density at radius 3 is 2.30 bits per heavy atom. The van der Waals surface area contributed by atoms with Gasteiger partial charge in [-0.15, -0.1) is 5.10 Å². The molecule has 0 saturated heterocycles. The maximum atomic E-state index is 13.0. The molecule has 0 fully saturated rings. The zero-order chi connectivity index (χ0) is 18.6. The van der Waals surface area contributed by atoms with Gasteiger partial charge in [-0.25, -0.2) is 9.07 Å². The van der Waals surface area contributed by atoms with Crippen LogP contribution in [0, 0.1) is 5.82 Å². The van der Waals surface area contributed by atoms with Crippen molar-refractivity contribution < 1.29 is 9.18 Å². The van der Waals surface area contributed by atoms with Crippen molar-refractivity contribution >= 4 is 11.6 Å². The third-order valence-electron chi connectivity index (χ3n) is 4.09. The van der Waals surface area contributed by atoms with Crippen LogP contribution in [-0.2, 0) is 0 Å². The quantitative estimate of drug-likeness (QED) is 0.591. The number of aromatic nitrogens is 3. The number of benzene rings is 3. The van der Waals surface area contributed by atoms with Crippen LogP contribution in [0.2, 0.25) is 0 Å². The Kier molecular flexibility index (Phi) is 4.45. The summed E-state index contributed by atoms with van der Waals surface area (Å²) >= 11 is 0. The van der Waals surface area contributed by atoms with Gasteiger partial charge in [0.25, 0.3) is 5.91 Å². The van der Waals surface area contributed by atoms with Gasteiger partial charge in [-0.05, 0) is 48.5 Å². The van der Waals surface area contributed by atoms with E-state index >= 15 is 0 Å². The van der Waals surface area contributed by atoms with E-state index in [9.17, 15) is 9.18 Å². The van der Waals surface area contributed by atoms with Crippen LogP contribution in [0.3, 0.4) is 0 Å². The Bertz CT molecular complexity index is 1060. The first-order chi connectivity index (χ1) is 13.2. The normalized spacial score (nSPS) is 10.6. The minimum Gasteiger partial charge on any atom is -0.322 e. The van der Waals surface area contributed by atoms with Crippen molar-refractivity contribution in [3.63, 3.8) is 0 Å². The number of carbonyl (C=O) groups is 1. The minimum absolute atomic E-state index is 0.298. The molecule has 1 amide bonds. The molecule has 0 spiro atoms. The zero-order valence-corrected chi connectivity index (χ0v) is 14.2. The van der Waals surface area contributed by atoms with Gasteiger partial charge in [0.2, 0.25) is 0 Å². The lowest BCUT2D eigenvalue weighted by Gasteiger charge is -2.09. The summed E-state index contributed by atoms with van der Waals surface area (Å²) in [6.07, 6.45) is 1.71. The van der Waals surface area contributed by atoms with Gasteiger partial charge < -0.3 is 5.32 Å². The van der Waals surface area contributed by atoms with E-state index in [-0.39, 0.29) is 11.7 Å². The van der Waals surface area contributed by atoms with Gasteiger partial charge in [0.15, 0.2) is 0 Å². The second-order valence-electron chi connectivity index (χ2n) is 5.90. The SMILES string of the molecule is O=C(Nc1ccc(-n2nncc2-c2ccccc2)cc1)c1ccc(F)cc1. The van der Waals surface area contributed by atoms with Crippen LogP contribution in [0.4, 0.5) is 10.1 Å². The van der Waals surface area contributed by atoms with Crippen LogP contribution in [0.15, 0.2) is 85.1 Å². The van der Waals surface area contributed by atoms with Crippen LogP contribution in [-0.4, -0.2) is 20.9 Å². The van der Waals surface area contributed by atoms with E-state index in [1.807, 2.05) is 42.5 Å². The van der Waals surface area contributed by atoms with Gasteiger partial charge in [-0.2, -0.15) is 0 Å². The first kappa shape index (κ1) is 16.7. The van der Waals surface area contributed by atoms with Crippen LogP contribution >= 0.6 is 0 Å². The van der Waals surface area contributed by atoms with E-state index in [0.717, 1.165) is 16.9 Å². The van der Waals surface area contributed by atoms with Crippen LogP contribution in [0.25, 0.3) is 16.9 Å². The van der Waals surface area contributed by atoms with Gasteiger partial charge in [0.05, 0.1) is 17.6 Å². The number of anilines is 1. The lowest BCUT2D eigenvalue weighted by molar-refractivity contribution is 0.102. The van der Waals surface area contributed by atoms with Crippen molar-refractivity contribution in [2.24, 2.45) is 0 Å². The largest absolute Gasteiger partial charge is 0.322 e. The number of hydrogen-bond acceptors (Lipinski definition) is 3. The zero-order valence-electron chi connectivity index (χ0n) is 14.2. The van der Waals surface area contributed by atoms with Gasteiger partial charge in [0, 0.05) is 16.8 Å². The highest BCUT2D eigenvalue weighted by Crippen LogP contribution is 2.22. The van der Waals surface area contributed by atoms with Crippen molar-refractivity contribution in [2.75, 3.05) is 5.32 Å². The number of rotatable bonds is 4. The number of nitrogens with one attached hydrogen (secondary N) is 1. The van der Waals surface area contributed by atoms with Crippen molar-refractivity contribution in [1.29, 1.82) is 0 Å². The van der Waals surface area contributed by atoms with Crippen molar-refractivity contribution in [3.8, 4) is 16.9 Å². The molecule has 27 heavy (non-hydrogen) atoms. The summed E-state index contributed by atoms with van der Waals surface area (Å²) in [5, 5.41) is 10.9. The molecule has 3 aromatic carbocycles. The molecule has 1 N–H and O–H groups in total. The van der Waals surface area contributed by atoms with Gasteiger partial charge in [-0.3, -0.25) is 4.79 Å². The molecule has 0 bridgehead atoms. The average Bonchev–Trinajstić information content (AvgIpc) is 3.19. The summed E-state index contributed by atoms with van der Waals surface area (Å²) in [5.41, 5.74) is 3.73. The van der Waals surface area contributed by atoms with Crippen molar-refractivity contribution in [2.45, 2.75) is 0 Å². The summed E-state index contributed by atoms with van der Waals surface area (Å²) < 4.78 is 14.7. The van der Waals surface area contributed by atoms with Crippen LogP contribution in [0.5, 0.6) is 0 Å². The molecule has 1 aromatic heterocycles. The molecule has 1 heterocycles. The van der Waals surface area contributed by atoms with Gasteiger partial charge in [-0.1, -0.05) is 35.5 Å². The van der Waals surface area contributed by atoms with Crippen molar-refractivity contribution in [1.82, 2.24) is 15.0 Å². The minimum atomic E-state index is -0.377. The molecule has 0 aliphatic heterocycles. The average molecular weight is 358 g/mol. The molecule has 5 nitrogen and oxygen atoms in total. The van der Waals surface area contributed by atoms with Gasteiger partial charge >= 0.3 is 0 Å². The maximum absolute atomic E-state index is 13.0. The fourth-order valence-corrected chi connectivity index (χ4v) is 2.72. The fraction of sp³-hybridized carbons (Fsp3) is 0. The molecular formula is C21H15FN4O. The molecule has 4 rings (SSSR count). The summed E-state index contributed by atoms with van der Waals surface area (Å²) in [4.78, 5) is 12.2. The molecule has 0 saturated carbocycles. The molecule has 132 valence electrons. The third-order valence-corrected chi connectivity index (χ3v) is 4.09. The highest BCUT2D eigenvalue weighted by Gasteiger charge is 2.10. The number of nitrogens with zero attached hydrogens (tertiary/aromatic N) is 3. The number of carbonyl (C=O) groups excluding carboxylic acids is 1.